The first kappa shape index (κ1) is 20.0. The molecule has 2 aromatic rings. The Morgan fingerprint density at radius 2 is 2.00 bits per heavy atom. The van der Waals surface area contributed by atoms with Crippen molar-refractivity contribution in [2.24, 2.45) is 0 Å². The largest absolute Gasteiger partial charge is 0.488 e. The fraction of sp³-hybridized carbons (Fsp3) is 0.500. The Hall–Kier alpha value is -2.34. The molecule has 0 radical (unpaired) electrons. The van der Waals surface area contributed by atoms with Crippen molar-refractivity contribution >= 4 is 11.8 Å². The van der Waals surface area contributed by atoms with Crippen LogP contribution in [0.2, 0.25) is 0 Å². The first-order chi connectivity index (χ1) is 12.7. The van der Waals surface area contributed by atoms with Gasteiger partial charge in [0.15, 0.2) is 11.6 Å². The molecule has 4 N–H and O–H groups in total. The molecule has 1 aromatic carbocycles. The quantitative estimate of drug-likeness (QED) is 0.503. The lowest BCUT2D eigenvalue weighted by atomic mass is 10.1. The number of nitrogen functional groups attached to an aromatic ring is 1. The van der Waals surface area contributed by atoms with Gasteiger partial charge in [-0.1, -0.05) is 50.1 Å². The molecule has 1 atom stereocenters. The number of rotatable bonds is 12. The lowest BCUT2D eigenvalue weighted by Gasteiger charge is -2.20. The molecule has 1 aromatic heterocycles. The lowest BCUT2D eigenvalue weighted by Crippen LogP contribution is -2.22. The Balaban J connectivity index is 1.92. The number of unbranched alkanes of at least 4 members (excludes halogenated alkanes) is 1. The van der Waals surface area contributed by atoms with Gasteiger partial charge in [0.05, 0.1) is 12.8 Å². The lowest BCUT2D eigenvalue weighted by molar-refractivity contribution is 0.275. The van der Waals surface area contributed by atoms with Crippen LogP contribution in [0.15, 0.2) is 36.5 Å². The fourth-order valence-corrected chi connectivity index (χ4v) is 2.78. The van der Waals surface area contributed by atoms with E-state index < -0.39 is 0 Å². The molecule has 0 aliphatic heterocycles. The highest BCUT2D eigenvalue weighted by atomic mass is 16.5. The molecule has 0 aliphatic rings. The first-order valence-electron chi connectivity index (χ1n) is 9.39. The highest BCUT2D eigenvalue weighted by Crippen LogP contribution is 2.24. The minimum absolute atomic E-state index is 0.134. The number of benzene rings is 1. The van der Waals surface area contributed by atoms with Gasteiger partial charge >= 0.3 is 0 Å². The van der Waals surface area contributed by atoms with Crippen LogP contribution in [0.1, 0.15) is 44.6 Å². The molecule has 0 unspecified atom stereocenters. The van der Waals surface area contributed by atoms with Gasteiger partial charge in [0.2, 0.25) is 5.95 Å². The molecule has 0 amide bonds. The van der Waals surface area contributed by atoms with Gasteiger partial charge in [-0.15, -0.1) is 0 Å². The van der Waals surface area contributed by atoms with Gasteiger partial charge in [-0.05, 0) is 31.2 Å². The summed E-state index contributed by atoms with van der Waals surface area (Å²) in [4.78, 5) is 8.33. The van der Waals surface area contributed by atoms with Crippen molar-refractivity contribution < 1.29 is 9.84 Å². The van der Waals surface area contributed by atoms with Crippen molar-refractivity contribution in [2.45, 2.75) is 51.5 Å². The summed E-state index contributed by atoms with van der Waals surface area (Å²) in [6, 6.07) is 10.5. The van der Waals surface area contributed by atoms with Crippen LogP contribution in [0.4, 0.5) is 11.8 Å². The van der Waals surface area contributed by atoms with E-state index in [4.69, 9.17) is 10.5 Å². The number of aliphatic hydroxyl groups excluding tert-OH is 1. The smallest absolute Gasteiger partial charge is 0.222 e. The van der Waals surface area contributed by atoms with Gasteiger partial charge in [-0.3, -0.25) is 0 Å². The molecular formula is C20H30N4O2. The number of anilines is 2. The number of aromatic nitrogens is 2. The van der Waals surface area contributed by atoms with Crippen molar-refractivity contribution in [1.82, 2.24) is 9.97 Å². The summed E-state index contributed by atoms with van der Waals surface area (Å²) < 4.78 is 5.89. The molecule has 1 heterocycles. The number of aryl methyl sites for hydroxylation is 1. The normalized spacial score (nSPS) is 11.9. The summed E-state index contributed by atoms with van der Waals surface area (Å²) >= 11 is 0. The number of hydrogen-bond donors (Lipinski definition) is 3. The summed E-state index contributed by atoms with van der Waals surface area (Å²) in [6.45, 7) is 2.87. The number of nitrogens with two attached hydrogens (primary N) is 1. The molecule has 6 nitrogen and oxygen atoms in total. The Morgan fingerprint density at radius 1 is 1.19 bits per heavy atom. The maximum atomic E-state index is 9.29. The molecule has 0 fully saturated rings. The summed E-state index contributed by atoms with van der Waals surface area (Å²) in [5.74, 6) is 1.42. The average molecular weight is 358 g/mol. The van der Waals surface area contributed by atoms with Crippen LogP contribution in [0.3, 0.4) is 0 Å². The molecule has 142 valence electrons. The molecule has 2 rings (SSSR count). The Morgan fingerprint density at radius 3 is 2.73 bits per heavy atom. The number of nitrogens with one attached hydrogen (secondary N) is 1. The number of nitrogens with zero attached hydrogens (tertiary/aromatic N) is 2. The first-order valence-corrected chi connectivity index (χ1v) is 9.39. The maximum absolute atomic E-state index is 9.29. The minimum Gasteiger partial charge on any atom is -0.488 e. The fourth-order valence-electron chi connectivity index (χ4n) is 2.78. The van der Waals surface area contributed by atoms with Crippen LogP contribution < -0.4 is 15.8 Å². The van der Waals surface area contributed by atoms with Crippen molar-refractivity contribution in [1.29, 1.82) is 0 Å². The van der Waals surface area contributed by atoms with Crippen LogP contribution in [0.25, 0.3) is 0 Å². The average Bonchev–Trinajstić information content (AvgIpc) is 2.65. The van der Waals surface area contributed by atoms with E-state index in [9.17, 15) is 5.11 Å². The molecule has 0 spiro atoms. The van der Waals surface area contributed by atoms with Crippen molar-refractivity contribution in [3.8, 4) is 5.75 Å². The highest BCUT2D eigenvalue weighted by Gasteiger charge is 2.13. The van der Waals surface area contributed by atoms with Crippen LogP contribution >= 0.6 is 0 Å². The second-order valence-corrected chi connectivity index (χ2v) is 6.37. The third-order valence-corrected chi connectivity index (χ3v) is 4.21. The molecule has 0 saturated heterocycles. The van der Waals surface area contributed by atoms with Crippen LogP contribution in [0, 0.1) is 0 Å². The van der Waals surface area contributed by atoms with E-state index in [1.807, 2.05) is 18.2 Å². The predicted molar refractivity (Wildman–Crippen MR) is 105 cm³/mol. The van der Waals surface area contributed by atoms with Gasteiger partial charge in [0.1, 0.15) is 0 Å². The van der Waals surface area contributed by atoms with Gasteiger partial charge in [-0.25, -0.2) is 4.98 Å². The number of ether oxygens (including phenoxy) is 1. The van der Waals surface area contributed by atoms with E-state index in [0.29, 0.717) is 24.6 Å². The summed E-state index contributed by atoms with van der Waals surface area (Å²) in [5, 5.41) is 12.7. The molecule has 0 saturated carbocycles. The SMILES string of the molecule is CCCC[C@@H](CCO)Nc1nc(N)ncc1OCCCc1ccccc1. The Labute approximate surface area is 155 Å². The summed E-state index contributed by atoms with van der Waals surface area (Å²) in [5.41, 5.74) is 7.04. The zero-order valence-electron chi connectivity index (χ0n) is 15.5. The van der Waals surface area contributed by atoms with Gasteiger partial charge in [-0.2, -0.15) is 4.98 Å². The van der Waals surface area contributed by atoms with E-state index in [-0.39, 0.29) is 18.6 Å². The Kier molecular flexibility index (Phi) is 8.69. The standard InChI is InChI=1S/C20H30N4O2/c1-2-3-11-17(12-13-25)23-19-18(15-22-20(21)24-19)26-14-7-10-16-8-5-4-6-9-16/h4-6,8-9,15,17,25H,2-3,7,10-14H2,1H3,(H3,21,22,23,24)/t17-/m0/s1. The second-order valence-electron chi connectivity index (χ2n) is 6.37. The highest BCUT2D eigenvalue weighted by molar-refractivity contribution is 5.51. The van der Waals surface area contributed by atoms with E-state index in [2.05, 4.69) is 34.3 Å². The number of aliphatic hydroxyl groups is 1. The molecule has 6 heteroatoms. The summed E-state index contributed by atoms with van der Waals surface area (Å²) in [7, 11) is 0. The van der Waals surface area contributed by atoms with Crippen LogP contribution in [0.5, 0.6) is 5.75 Å². The van der Waals surface area contributed by atoms with Gasteiger partial charge in [0, 0.05) is 12.6 Å². The molecule has 26 heavy (non-hydrogen) atoms. The van der Waals surface area contributed by atoms with E-state index in [1.54, 1.807) is 6.20 Å². The monoisotopic (exact) mass is 358 g/mol. The van der Waals surface area contributed by atoms with Crippen molar-refractivity contribution in [3.63, 3.8) is 0 Å². The predicted octanol–water partition coefficient (Wildman–Crippen LogP) is 3.42. The maximum Gasteiger partial charge on any atom is 0.222 e. The molecule has 0 aliphatic carbocycles. The van der Waals surface area contributed by atoms with Crippen LogP contribution in [-0.4, -0.2) is 34.3 Å². The zero-order chi connectivity index (χ0) is 18.6. The molecular weight excluding hydrogens is 328 g/mol. The van der Waals surface area contributed by atoms with Gasteiger partial charge < -0.3 is 20.9 Å². The second kappa shape index (κ2) is 11.3. The van der Waals surface area contributed by atoms with E-state index >= 15 is 0 Å². The minimum atomic E-state index is 0.134. The topological polar surface area (TPSA) is 93.3 Å². The number of hydrogen-bond acceptors (Lipinski definition) is 6. The van der Waals surface area contributed by atoms with Crippen molar-refractivity contribution in [2.75, 3.05) is 24.3 Å². The third kappa shape index (κ3) is 6.88. The summed E-state index contributed by atoms with van der Waals surface area (Å²) in [6.07, 6.45) is 7.31. The Bertz CT molecular complexity index is 637. The van der Waals surface area contributed by atoms with Crippen LogP contribution in [-0.2, 0) is 6.42 Å². The molecule has 0 bridgehead atoms. The van der Waals surface area contributed by atoms with E-state index in [0.717, 1.165) is 32.1 Å². The third-order valence-electron chi connectivity index (χ3n) is 4.21. The van der Waals surface area contributed by atoms with Crippen molar-refractivity contribution in [3.05, 3.63) is 42.1 Å². The van der Waals surface area contributed by atoms with E-state index in [1.165, 1.54) is 5.56 Å². The van der Waals surface area contributed by atoms with Gasteiger partial charge in [0.25, 0.3) is 0 Å². The zero-order valence-corrected chi connectivity index (χ0v) is 15.5.